The molecule has 0 N–H and O–H groups in total. The predicted molar refractivity (Wildman–Crippen MR) is 101 cm³/mol. The van der Waals surface area contributed by atoms with Crippen molar-refractivity contribution in [1.82, 2.24) is 9.38 Å². The Morgan fingerprint density at radius 2 is 1.88 bits per heavy atom. The molecule has 6 heteroatoms. The summed E-state index contributed by atoms with van der Waals surface area (Å²) in [6.45, 7) is 8.29. The zero-order chi connectivity index (χ0) is 18.9. The molecule has 0 amide bonds. The molecular weight excluding hydrogens is 328 g/mol. The van der Waals surface area contributed by atoms with Gasteiger partial charge in [0.1, 0.15) is 11.3 Å². The third-order valence-corrected chi connectivity index (χ3v) is 4.03. The minimum absolute atomic E-state index is 0.198. The van der Waals surface area contributed by atoms with Crippen molar-refractivity contribution in [1.29, 1.82) is 0 Å². The first-order chi connectivity index (χ1) is 12.3. The van der Waals surface area contributed by atoms with Crippen LogP contribution in [0.4, 0.5) is 11.5 Å². The van der Waals surface area contributed by atoms with Gasteiger partial charge in [-0.1, -0.05) is 32.9 Å². The van der Waals surface area contributed by atoms with Gasteiger partial charge in [0, 0.05) is 11.6 Å². The number of hydrogen-bond donors (Lipinski definition) is 0. The van der Waals surface area contributed by atoms with E-state index in [0.717, 1.165) is 16.9 Å². The van der Waals surface area contributed by atoms with Crippen LogP contribution in [-0.2, 0) is 10.2 Å². The van der Waals surface area contributed by atoms with Crippen LogP contribution in [0.5, 0.6) is 0 Å². The highest BCUT2D eigenvalue weighted by Crippen LogP contribution is 2.33. The maximum absolute atomic E-state index is 11.9. The van der Waals surface area contributed by atoms with Crippen molar-refractivity contribution in [3.05, 3.63) is 59.4 Å². The first kappa shape index (κ1) is 17.8. The number of hydrogen-bond acceptors (Lipinski definition) is 5. The van der Waals surface area contributed by atoms with Crippen LogP contribution >= 0.6 is 0 Å². The fourth-order valence-electron chi connectivity index (χ4n) is 2.68. The summed E-state index contributed by atoms with van der Waals surface area (Å²) in [5.41, 5.74) is 3.44. The van der Waals surface area contributed by atoms with E-state index in [1.807, 2.05) is 35.7 Å². The fraction of sp³-hybridized carbons (Fsp3) is 0.300. The van der Waals surface area contributed by atoms with Gasteiger partial charge in [-0.05, 0) is 36.8 Å². The molecule has 3 aromatic rings. The largest absolute Gasteiger partial charge is 0.465 e. The lowest BCUT2D eigenvalue weighted by Crippen LogP contribution is -2.11. The number of methoxy groups -OCH3 is 1. The molecule has 0 aliphatic carbocycles. The molecule has 1 aromatic carbocycles. The Morgan fingerprint density at radius 1 is 1.15 bits per heavy atom. The molecule has 0 spiro atoms. The molecule has 0 aliphatic rings. The maximum Gasteiger partial charge on any atom is 0.340 e. The summed E-state index contributed by atoms with van der Waals surface area (Å²) in [5.74, 6) is 0.219. The van der Waals surface area contributed by atoms with E-state index in [9.17, 15) is 4.79 Å². The van der Waals surface area contributed by atoms with Crippen LogP contribution in [0.3, 0.4) is 0 Å². The van der Waals surface area contributed by atoms with Gasteiger partial charge >= 0.3 is 5.97 Å². The molecule has 0 bridgehead atoms. The number of rotatable bonds is 3. The van der Waals surface area contributed by atoms with Crippen molar-refractivity contribution in [2.75, 3.05) is 7.11 Å². The number of benzene rings is 1. The molecular formula is C20H22N4O2. The van der Waals surface area contributed by atoms with E-state index in [1.54, 1.807) is 18.2 Å². The van der Waals surface area contributed by atoms with Gasteiger partial charge in [-0.25, -0.2) is 9.78 Å². The molecule has 134 valence electrons. The number of esters is 1. The molecule has 26 heavy (non-hydrogen) atoms. The Morgan fingerprint density at radius 3 is 2.58 bits per heavy atom. The van der Waals surface area contributed by atoms with Crippen LogP contribution < -0.4 is 0 Å². The Labute approximate surface area is 152 Å². The lowest BCUT2D eigenvalue weighted by molar-refractivity contribution is 0.0601. The van der Waals surface area contributed by atoms with Crippen molar-refractivity contribution < 1.29 is 9.53 Å². The first-order valence-corrected chi connectivity index (χ1v) is 8.39. The van der Waals surface area contributed by atoms with E-state index >= 15 is 0 Å². The maximum atomic E-state index is 11.9. The molecule has 2 aromatic heterocycles. The highest BCUT2D eigenvalue weighted by atomic mass is 16.5. The molecule has 2 heterocycles. The Bertz CT molecular complexity index is 997. The van der Waals surface area contributed by atoms with E-state index in [1.165, 1.54) is 7.11 Å². The highest BCUT2D eigenvalue weighted by Gasteiger charge is 2.24. The highest BCUT2D eigenvalue weighted by molar-refractivity contribution is 5.94. The molecule has 3 rings (SSSR count). The normalized spacial score (nSPS) is 12.0. The Hall–Kier alpha value is -3.02. The molecule has 0 radical (unpaired) electrons. The number of azo groups is 1. The molecule has 6 nitrogen and oxygen atoms in total. The zero-order valence-electron chi connectivity index (χ0n) is 15.6. The van der Waals surface area contributed by atoms with Crippen molar-refractivity contribution in [3.8, 4) is 0 Å². The van der Waals surface area contributed by atoms with E-state index < -0.39 is 5.97 Å². The molecule has 0 unspecified atom stereocenters. The first-order valence-electron chi connectivity index (χ1n) is 8.39. The smallest absolute Gasteiger partial charge is 0.340 e. The lowest BCUT2D eigenvalue weighted by atomic mass is 9.92. The minimum atomic E-state index is -0.440. The number of pyridine rings is 1. The van der Waals surface area contributed by atoms with Crippen molar-refractivity contribution in [2.45, 2.75) is 33.1 Å². The number of imidazole rings is 1. The molecule has 0 saturated carbocycles. The Balaban J connectivity index is 2.15. The summed E-state index contributed by atoms with van der Waals surface area (Å²) in [6, 6.07) is 11.0. The van der Waals surface area contributed by atoms with Gasteiger partial charge in [0.2, 0.25) is 0 Å². The lowest BCUT2D eigenvalue weighted by Gasteiger charge is -2.15. The van der Waals surface area contributed by atoms with Gasteiger partial charge in [-0.2, -0.15) is 0 Å². The molecule has 0 atom stereocenters. The average Bonchev–Trinajstić information content (AvgIpc) is 2.97. The van der Waals surface area contributed by atoms with Gasteiger partial charge in [-0.15, -0.1) is 10.2 Å². The monoisotopic (exact) mass is 350 g/mol. The summed E-state index contributed by atoms with van der Waals surface area (Å²) >= 11 is 0. The van der Waals surface area contributed by atoms with E-state index in [2.05, 4.69) is 31.0 Å². The van der Waals surface area contributed by atoms with Crippen LogP contribution in [-0.4, -0.2) is 22.5 Å². The number of carbonyl (C=O) groups is 1. The van der Waals surface area contributed by atoms with Gasteiger partial charge in [0.15, 0.2) is 5.82 Å². The Kier molecular flexibility index (Phi) is 4.59. The van der Waals surface area contributed by atoms with E-state index in [0.29, 0.717) is 17.1 Å². The number of fused-ring (bicyclic) bond motifs is 1. The number of ether oxygens (including phenoxy) is 1. The van der Waals surface area contributed by atoms with E-state index in [-0.39, 0.29) is 5.41 Å². The molecule has 0 aliphatic heterocycles. The van der Waals surface area contributed by atoms with Crippen LogP contribution in [0.15, 0.2) is 52.8 Å². The predicted octanol–water partition coefficient (Wildman–Crippen LogP) is 5.14. The van der Waals surface area contributed by atoms with Crippen LogP contribution in [0.2, 0.25) is 0 Å². The third kappa shape index (κ3) is 3.35. The number of nitrogens with zero attached hydrogens (tertiary/aromatic N) is 4. The van der Waals surface area contributed by atoms with Crippen molar-refractivity contribution in [3.63, 3.8) is 0 Å². The zero-order valence-corrected chi connectivity index (χ0v) is 15.6. The summed E-state index contributed by atoms with van der Waals surface area (Å²) < 4.78 is 6.73. The van der Waals surface area contributed by atoms with Crippen molar-refractivity contribution in [2.24, 2.45) is 10.2 Å². The molecule has 0 saturated heterocycles. The second-order valence-electron chi connectivity index (χ2n) is 7.18. The summed E-state index contributed by atoms with van der Waals surface area (Å²) in [6.07, 6.45) is 1.94. The van der Waals surface area contributed by atoms with E-state index in [4.69, 9.17) is 9.72 Å². The SMILES string of the molecule is COC(=O)c1ccccc1N=Nc1c(C(C)(C)C)nc2cc(C)ccn12. The third-order valence-electron chi connectivity index (χ3n) is 4.03. The van der Waals surface area contributed by atoms with Gasteiger partial charge in [0.05, 0.1) is 18.4 Å². The number of aryl methyl sites for hydroxylation is 1. The van der Waals surface area contributed by atoms with Gasteiger partial charge in [0.25, 0.3) is 0 Å². The molecule has 0 fully saturated rings. The number of aromatic nitrogens is 2. The second kappa shape index (κ2) is 6.71. The average molecular weight is 350 g/mol. The summed E-state index contributed by atoms with van der Waals surface area (Å²) in [5, 5.41) is 8.78. The van der Waals surface area contributed by atoms with Gasteiger partial charge < -0.3 is 4.74 Å². The van der Waals surface area contributed by atoms with Crippen molar-refractivity contribution >= 4 is 23.1 Å². The van der Waals surface area contributed by atoms with Crippen LogP contribution in [0.25, 0.3) is 5.65 Å². The number of carbonyl (C=O) groups excluding carboxylic acids is 1. The second-order valence-corrected chi connectivity index (χ2v) is 7.18. The quantitative estimate of drug-likeness (QED) is 0.485. The van der Waals surface area contributed by atoms with Crippen LogP contribution in [0, 0.1) is 6.92 Å². The summed E-state index contributed by atoms with van der Waals surface area (Å²) in [7, 11) is 1.35. The topological polar surface area (TPSA) is 68.3 Å². The standard InChI is InChI=1S/C20H22N4O2/c1-13-10-11-24-16(12-13)21-17(20(2,3)4)18(24)23-22-15-9-7-6-8-14(15)19(25)26-5/h6-12H,1-5H3. The minimum Gasteiger partial charge on any atom is -0.465 e. The van der Waals surface area contributed by atoms with Gasteiger partial charge in [-0.3, -0.25) is 4.40 Å². The summed E-state index contributed by atoms with van der Waals surface area (Å²) in [4.78, 5) is 16.7. The van der Waals surface area contributed by atoms with Crippen LogP contribution in [0.1, 0.15) is 42.4 Å². The fourth-order valence-corrected chi connectivity index (χ4v) is 2.68.